The molecule has 2 atom stereocenters. The molecular weight excluding hydrogens is 164 g/mol. The van der Waals surface area contributed by atoms with Crippen molar-refractivity contribution < 1.29 is 4.79 Å². The number of amides is 1. The first-order valence-corrected chi connectivity index (χ1v) is 4.64. The van der Waals surface area contributed by atoms with Gasteiger partial charge in [-0.25, -0.2) is 0 Å². The summed E-state index contributed by atoms with van der Waals surface area (Å²) < 4.78 is 0. The predicted molar refractivity (Wildman–Crippen MR) is 53.1 cm³/mol. The van der Waals surface area contributed by atoms with Crippen LogP contribution in [0.25, 0.3) is 0 Å². The molecule has 1 aliphatic rings. The van der Waals surface area contributed by atoms with Crippen molar-refractivity contribution in [1.29, 1.82) is 0 Å². The average Bonchev–Trinajstić information content (AvgIpc) is 2.61. The van der Waals surface area contributed by atoms with Crippen molar-refractivity contribution in [2.75, 3.05) is 0 Å². The SMILES string of the molecule is CC(C)(C)/C=C/C(=O)NC1CC1N. The lowest BCUT2D eigenvalue weighted by Gasteiger charge is -2.10. The van der Waals surface area contributed by atoms with E-state index in [-0.39, 0.29) is 23.4 Å². The van der Waals surface area contributed by atoms with Gasteiger partial charge in [-0.1, -0.05) is 26.8 Å². The molecule has 0 heterocycles. The highest BCUT2D eigenvalue weighted by molar-refractivity contribution is 5.88. The minimum absolute atomic E-state index is 0.0344. The maximum absolute atomic E-state index is 11.2. The van der Waals surface area contributed by atoms with Crippen molar-refractivity contribution in [3.05, 3.63) is 12.2 Å². The first kappa shape index (κ1) is 10.3. The summed E-state index contributed by atoms with van der Waals surface area (Å²) >= 11 is 0. The van der Waals surface area contributed by atoms with Gasteiger partial charge >= 0.3 is 0 Å². The second kappa shape index (κ2) is 3.50. The Morgan fingerprint density at radius 1 is 1.54 bits per heavy atom. The second-order valence-electron chi connectivity index (χ2n) is 4.71. The fourth-order valence-electron chi connectivity index (χ4n) is 0.937. The highest BCUT2D eigenvalue weighted by atomic mass is 16.1. The lowest BCUT2D eigenvalue weighted by atomic mass is 9.96. The molecular formula is C10H18N2O. The van der Waals surface area contributed by atoms with Crippen molar-refractivity contribution in [2.45, 2.75) is 39.3 Å². The van der Waals surface area contributed by atoms with Gasteiger partial charge in [0.1, 0.15) is 0 Å². The number of carbonyl (C=O) groups excluding carboxylic acids is 1. The molecule has 13 heavy (non-hydrogen) atoms. The fraction of sp³-hybridized carbons (Fsp3) is 0.700. The summed E-state index contributed by atoms with van der Waals surface area (Å²) in [6.07, 6.45) is 4.40. The predicted octanol–water partition coefficient (Wildman–Crippen LogP) is 0.805. The number of hydrogen-bond donors (Lipinski definition) is 2. The zero-order chi connectivity index (χ0) is 10.1. The Labute approximate surface area is 79.4 Å². The Bertz CT molecular complexity index is 228. The molecule has 0 aromatic rings. The molecule has 0 saturated heterocycles. The minimum Gasteiger partial charge on any atom is -0.348 e. The zero-order valence-electron chi connectivity index (χ0n) is 8.50. The first-order valence-electron chi connectivity index (χ1n) is 4.64. The van der Waals surface area contributed by atoms with Crippen molar-refractivity contribution in [3.63, 3.8) is 0 Å². The summed E-state index contributed by atoms with van der Waals surface area (Å²) in [6, 6.07) is 0.379. The molecule has 0 bridgehead atoms. The highest BCUT2D eigenvalue weighted by Gasteiger charge is 2.34. The van der Waals surface area contributed by atoms with Crippen molar-refractivity contribution in [2.24, 2.45) is 11.1 Å². The molecule has 0 aromatic carbocycles. The molecule has 1 rings (SSSR count). The second-order valence-corrected chi connectivity index (χ2v) is 4.71. The van der Waals surface area contributed by atoms with Gasteiger partial charge in [-0.05, 0) is 17.9 Å². The van der Waals surface area contributed by atoms with Crippen molar-refractivity contribution >= 4 is 5.91 Å². The van der Waals surface area contributed by atoms with Crippen LogP contribution in [0.4, 0.5) is 0 Å². The highest BCUT2D eigenvalue weighted by Crippen LogP contribution is 2.18. The Morgan fingerprint density at radius 3 is 2.46 bits per heavy atom. The van der Waals surface area contributed by atoms with Crippen molar-refractivity contribution in [3.8, 4) is 0 Å². The van der Waals surface area contributed by atoms with Gasteiger partial charge in [-0.2, -0.15) is 0 Å². The summed E-state index contributed by atoms with van der Waals surface area (Å²) in [6.45, 7) is 6.17. The molecule has 1 fully saturated rings. The molecule has 1 amide bonds. The van der Waals surface area contributed by atoms with E-state index < -0.39 is 0 Å². The van der Waals surface area contributed by atoms with E-state index in [2.05, 4.69) is 26.1 Å². The number of rotatable bonds is 2. The number of nitrogens with one attached hydrogen (secondary N) is 1. The lowest BCUT2D eigenvalue weighted by Crippen LogP contribution is -2.28. The van der Waals surface area contributed by atoms with Gasteiger partial charge in [0.05, 0.1) is 0 Å². The molecule has 0 aromatic heterocycles. The van der Waals surface area contributed by atoms with Crippen LogP contribution in [0.2, 0.25) is 0 Å². The van der Waals surface area contributed by atoms with E-state index in [1.807, 2.05) is 6.08 Å². The summed E-state index contributed by atoms with van der Waals surface area (Å²) in [5.74, 6) is -0.0344. The van der Waals surface area contributed by atoms with E-state index in [0.717, 1.165) is 6.42 Å². The van der Waals surface area contributed by atoms with E-state index >= 15 is 0 Å². The van der Waals surface area contributed by atoms with Crippen LogP contribution in [0.5, 0.6) is 0 Å². The van der Waals surface area contributed by atoms with Crippen LogP contribution in [-0.4, -0.2) is 18.0 Å². The number of allylic oxidation sites excluding steroid dienone is 1. The molecule has 0 spiro atoms. The Kier molecular flexibility index (Phi) is 2.76. The van der Waals surface area contributed by atoms with Gasteiger partial charge in [0.25, 0.3) is 0 Å². The standard InChI is InChI=1S/C10H18N2O/c1-10(2,3)5-4-9(13)12-8-6-7(8)11/h4-5,7-8H,6,11H2,1-3H3,(H,12,13)/b5-4+. The maximum atomic E-state index is 11.2. The molecule has 1 saturated carbocycles. The third-order valence-electron chi connectivity index (χ3n) is 1.90. The smallest absolute Gasteiger partial charge is 0.243 e. The Hall–Kier alpha value is -0.830. The molecule has 3 N–H and O–H groups in total. The van der Waals surface area contributed by atoms with Gasteiger partial charge in [0.15, 0.2) is 0 Å². The normalized spacial score (nSPS) is 27.7. The molecule has 0 aliphatic heterocycles. The van der Waals surface area contributed by atoms with Crippen LogP contribution in [0.3, 0.4) is 0 Å². The lowest BCUT2D eigenvalue weighted by molar-refractivity contribution is -0.116. The number of nitrogens with two attached hydrogens (primary N) is 1. The summed E-state index contributed by atoms with van der Waals surface area (Å²) in [5.41, 5.74) is 5.62. The third kappa shape index (κ3) is 4.08. The van der Waals surface area contributed by atoms with Crippen LogP contribution in [0.15, 0.2) is 12.2 Å². The third-order valence-corrected chi connectivity index (χ3v) is 1.90. The number of hydrogen-bond acceptors (Lipinski definition) is 2. The number of carbonyl (C=O) groups is 1. The van der Waals surface area contributed by atoms with Gasteiger partial charge in [-0.15, -0.1) is 0 Å². The summed E-state index contributed by atoms with van der Waals surface area (Å²) in [5, 5.41) is 2.83. The van der Waals surface area contributed by atoms with E-state index in [9.17, 15) is 4.79 Å². The molecule has 3 heteroatoms. The first-order chi connectivity index (χ1) is 5.88. The molecule has 1 aliphatic carbocycles. The summed E-state index contributed by atoms with van der Waals surface area (Å²) in [4.78, 5) is 11.2. The van der Waals surface area contributed by atoms with Gasteiger partial charge in [0.2, 0.25) is 5.91 Å². The Morgan fingerprint density at radius 2 is 2.08 bits per heavy atom. The van der Waals surface area contributed by atoms with Gasteiger partial charge in [0, 0.05) is 12.1 Å². The van der Waals surface area contributed by atoms with Crippen molar-refractivity contribution in [1.82, 2.24) is 5.32 Å². The van der Waals surface area contributed by atoms with Crippen LogP contribution in [0, 0.1) is 5.41 Å². The van der Waals surface area contributed by atoms with E-state index in [0.29, 0.717) is 0 Å². The van der Waals surface area contributed by atoms with E-state index in [4.69, 9.17) is 5.73 Å². The van der Waals surface area contributed by atoms with Gasteiger partial charge in [-0.3, -0.25) is 4.79 Å². The molecule has 3 nitrogen and oxygen atoms in total. The van der Waals surface area contributed by atoms with Crippen LogP contribution < -0.4 is 11.1 Å². The van der Waals surface area contributed by atoms with Gasteiger partial charge < -0.3 is 11.1 Å². The monoisotopic (exact) mass is 182 g/mol. The quantitative estimate of drug-likeness (QED) is 0.621. The van der Waals surface area contributed by atoms with Crippen LogP contribution >= 0.6 is 0 Å². The molecule has 2 unspecified atom stereocenters. The topological polar surface area (TPSA) is 55.1 Å². The Balaban J connectivity index is 2.29. The molecule has 74 valence electrons. The van der Waals surface area contributed by atoms with Crippen LogP contribution in [-0.2, 0) is 4.79 Å². The minimum atomic E-state index is -0.0344. The maximum Gasteiger partial charge on any atom is 0.243 e. The van der Waals surface area contributed by atoms with Crippen LogP contribution in [0.1, 0.15) is 27.2 Å². The van der Waals surface area contributed by atoms with E-state index in [1.165, 1.54) is 0 Å². The van der Waals surface area contributed by atoms with E-state index in [1.54, 1.807) is 6.08 Å². The summed E-state index contributed by atoms with van der Waals surface area (Å²) in [7, 11) is 0. The largest absolute Gasteiger partial charge is 0.348 e. The molecule has 0 radical (unpaired) electrons. The fourth-order valence-corrected chi connectivity index (χ4v) is 0.937. The average molecular weight is 182 g/mol. The zero-order valence-corrected chi connectivity index (χ0v) is 8.50.